The van der Waals surface area contributed by atoms with Crippen molar-refractivity contribution < 1.29 is 14.3 Å². The molecule has 1 aliphatic rings. The van der Waals surface area contributed by atoms with Crippen LogP contribution < -0.4 is 5.32 Å². The largest absolute Gasteiger partial charge is 0.367 e. The standard InChI is InChI=1S/C22H22N4O3/c1-16-14-25(15-19(29-16)17-8-4-2-5-9-17)22(28)21(27)23-20-12-13-26(24-20)18-10-6-3-7-11-18/h2-13,16,19H,14-15H2,1H3,(H,23,24,27). The summed E-state index contributed by atoms with van der Waals surface area (Å²) in [6, 6.07) is 20.9. The zero-order valence-corrected chi connectivity index (χ0v) is 16.1. The topological polar surface area (TPSA) is 76.5 Å². The Morgan fingerprint density at radius 1 is 1.00 bits per heavy atom. The summed E-state index contributed by atoms with van der Waals surface area (Å²) in [5.41, 5.74) is 1.85. The zero-order chi connectivity index (χ0) is 20.2. The lowest BCUT2D eigenvalue weighted by atomic mass is 10.1. The molecule has 2 heterocycles. The normalized spacial score (nSPS) is 19.0. The van der Waals surface area contributed by atoms with Crippen LogP contribution in [0.15, 0.2) is 72.9 Å². The number of rotatable bonds is 3. The Bertz CT molecular complexity index is 988. The molecule has 0 aliphatic carbocycles. The minimum atomic E-state index is -0.704. The number of carbonyl (C=O) groups is 2. The van der Waals surface area contributed by atoms with Crippen LogP contribution in [0.5, 0.6) is 0 Å². The minimum Gasteiger partial charge on any atom is -0.367 e. The van der Waals surface area contributed by atoms with Gasteiger partial charge in [-0.15, -0.1) is 0 Å². The second-order valence-corrected chi connectivity index (χ2v) is 6.99. The number of nitrogens with zero attached hydrogens (tertiary/aromatic N) is 3. The van der Waals surface area contributed by atoms with Crippen molar-refractivity contribution in [2.24, 2.45) is 0 Å². The van der Waals surface area contributed by atoms with Crippen molar-refractivity contribution in [3.8, 4) is 5.69 Å². The number of benzene rings is 2. The number of amides is 2. The van der Waals surface area contributed by atoms with Crippen LogP contribution in [0.1, 0.15) is 18.6 Å². The fourth-order valence-corrected chi connectivity index (χ4v) is 3.40. The van der Waals surface area contributed by atoms with Crippen LogP contribution >= 0.6 is 0 Å². The molecule has 29 heavy (non-hydrogen) atoms. The lowest BCUT2D eigenvalue weighted by Crippen LogP contribution is -2.49. The summed E-state index contributed by atoms with van der Waals surface area (Å²) in [7, 11) is 0. The fraction of sp³-hybridized carbons (Fsp3) is 0.227. The predicted molar refractivity (Wildman–Crippen MR) is 109 cm³/mol. The smallest absolute Gasteiger partial charge is 0.315 e. The van der Waals surface area contributed by atoms with Gasteiger partial charge in [0.15, 0.2) is 5.82 Å². The molecule has 2 unspecified atom stereocenters. The maximum atomic E-state index is 12.7. The Labute approximate surface area is 168 Å². The van der Waals surface area contributed by atoms with Crippen LogP contribution in [0.4, 0.5) is 5.82 Å². The molecule has 7 nitrogen and oxygen atoms in total. The third kappa shape index (κ3) is 4.35. The summed E-state index contributed by atoms with van der Waals surface area (Å²) >= 11 is 0. The minimum absolute atomic E-state index is 0.164. The van der Waals surface area contributed by atoms with Gasteiger partial charge in [-0.3, -0.25) is 9.59 Å². The molecule has 0 radical (unpaired) electrons. The van der Waals surface area contributed by atoms with E-state index in [0.29, 0.717) is 18.9 Å². The molecule has 4 rings (SSSR count). The molecule has 2 aromatic carbocycles. The first-order chi connectivity index (χ1) is 14.1. The van der Waals surface area contributed by atoms with Gasteiger partial charge in [0.2, 0.25) is 0 Å². The SMILES string of the molecule is CC1CN(C(=O)C(=O)Nc2ccn(-c3ccccc3)n2)CC(c2ccccc2)O1. The number of anilines is 1. The Balaban J connectivity index is 1.42. The van der Waals surface area contributed by atoms with E-state index in [-0.39, 0.29) is 12.2 Å². The monoisotopic (exact) mass is 390 g/mol. The summed E-state index contributed by atoms with van der Waals surface area (Å²) < 4.78 is 7.60. The van der Waals surface area contributed by atoms with E-state index in [9.17, 15) is 9.59 Å². The van der Waals surface area contributed by atoms with E-state index in [1.54, 1.807) is 16.9 Å². The average Bonchev–Trinajstić information content (AvgIpc) is 3.22. The van der Waals surface area contributed by atoms with E-state index in [0.717, 1.165) is 11.3 Å². The highest BCUT2D eigenvalue weighted by atomic mass is 16.5. The predicted octanol–water partition coefficient (Wildman–Crippen LogP) is 2.80. The van der Waals surface area contributed by atoms with E-state index in [1.807, 2.05) is 67.6 Å². The number of hydrogen-bond acceptors (Lipinski definition) is 4. The number of aromatic nitrogens is 2. The van der Waals surface area contributed by atoms with E-state index in [4.69, 9.17) is 4.74 Å². The van der Waals surface area contributed by atoms with Gasteiger partial charge in [-0.2, -0.15) is 5.10 Å². The van der Waals surface area contributed by atoms with E-state index < -0.39 is 11.8 Å². The highest BCUT2D eigenvalue weighted by molar-refractivity contribution is 6.39. The molecule has 1 fully saturated rings. The fourth-order valence-electron chi connectivity index (χ4n) is 3.40. The third-order valence-electron chi connectivity index (χ3n) is 4.76. The van der Waals surface area contributed by atoms with Crippen LogP contribution in [0.2, 0.25) is 0 Å². The molecule has 2 atom stereocenters. The maximum Gasteiger partial charge on any atom is 0.315 e. The Morgan fingerprint density at radius 3 is 2.41 bits per heavy atom. The number of morpholine rings is 1. The van der Waals surface area contributed by atoms with Crippen molar-refractivity contribution in [2.75, 3.05) is 18.4 Å². The van der Waals surface area contributed by atoms with Crippen LogP contribution in [-0.2, 0) is 14.3 Å². The van der Waals surface area contributed by atoms with Gasteiger partial charge in [-0.05, 0) is 24.6 Å². The molecule has 148 valence electrons. The van der Waals surface area contributed by atoms with Crippen molar-refractivity contribution in [3.63, 3.8) is 0 Å². The van der Waals surface area contributed by atoms with E-state index in [1.165, 1.54) is 4.90 Å². The van der Waals surface area contributed by atoms with Gasteiger partial charge in [0.25, 0.3) is 0 Å². The van der Waals surface area contributed by atoms with Gasteiger partial charge in [0.05, 0.1) is 18.3 Å². The Kier molecular flexibility index (Phi) is 5.39. The molecule has 7 heteroatoms. The number of para-hydroxylation sites is 1. The van der Waals surface area contributed by atoms with E-state index in [2.05, 4.69) is 10.4 Å². The molecule has 3 aromatic rings. The highest BCUT2D eigenvalue weighted by Gasteiger charge is 2.32. The Morgan fingerprint density at radius 2 is 1.69 bits per heavy atom. The second-order valence-electron chi connectivity index (χ2n) is 6.99. The number of carbonyl (C=O) groups excluding carboxylic acids is 2. The number of hydrogen-bond donors (Lipinski definition) is 1. The van der Waals surface area contributed by atoms with Crippen LogP contribution in [-0.4, -0.2) is 45.7 Å². The van der Waals surface area contributed by atoms with Crippen LogP contribution in [0.3, 0.4) is 0 Å². The molecule has 0 saturated carbocycles. The van der Waals surface area contributed by atoms with E-state index >= 15 is 0 Å². The van der Waals surface area contributed by atoms with Crippen molar-refractivity contribution in [2.45, 2.75) is 19.1 Å². The summed E-state index contributed by atoms with van der Waals surface area (Å²) in [5, 5.41) is 6.91. The second kappa shape index (κ2) is 8.28. The number of ether oxygens (including phenoxy) is 1. The van der Waals surface area contributed by atoms with Gasteiger partial charge in [-0.1, -0.05) is 48.5 Å². The van der Waals surface area contributed by atoms with Gasteiger partial charge < -0.3 is 15.0 Å². The van der Waals surface area contributed by atoms with Gasteiger partial charge in [0.1, 0.15) is 6.10 Å². The van der Waals surface area contributed by atoms with Crippen molar-refractivity contribution >= 4 is 17.6 Å². The zero-order valence-electron chi connectivity index (χ0n) is 16.1. The van der Waals surface area contributed by atoms with Crippen LogP contribution in [0.25, 0.3) is 5.69 Å². The van der Waals surface area contributed by atoms with Gasteiger partial charge >= 0.3 is 11.8 Å². The third-order valence-corrected chi connectivity index (χ3v) is 4.76. The highest BCUT2D eigenvalue weighted by Crippen LogP contribution is 2.25. The molecule has 1 aromatic heterocycles. The van der Waals surface area contributed by atoms with Gasteiger partial charge in [0, 0.05) is 18.8 Å². The Hall–Kier alpha value is -3.45. The van der Waals surface area contributed by atoms with Gasteiger partial charge in [-0.25, -0.2) is 4.68 Å². The molecule has 0 bridgehead atoms. The summed E-state index contributed by atoms with van der Waals surface area (Å²) in [6.07, 6.45) is 1.31. The molecule has 1 N–H and O–H groups in total. The quantitative estimate of drug-likeness (QED) is 0.698. The molecule has 1 aliphatic heterocycles. The summed E-state index contributed by atoms with van der Waals surface area (Å²) in [4.78, 5) is 26.8. The molecular formula is C22H22N4O3. The first kappa shape index (κ1) is 18.9. The van der Waals surface area contributed by atoms with Crippen molar-refractivity contribution in [3.05, 3.63) is 78.5 Å². The summed E-state index contributed by atoms with van der Waals surface area (Å²) in [6.45, 7) is 2.60. The molecule has 0 spiro atoms. The molecule has 2 amide bonds. The molecular weight excluding hydrogens is 368 g/mol. The first-order valence-corrected chi connectivity index (χ1v) is 9.52. The average molecular weight is 390 g/mol. The lowest BCUT2D eigenvalue weighted by molar-refractivity contribution is -0.152. The van der Waals surface area contributed by atoms with Crippen LogP contribution in [0, 0.1) is 0 Å². The maximum absolute atomic E-state index is 12.7. The first-order valence-electron chi connectivity index (χ1n) is 9.52. The van der Waals surface area contributed by atoms with Crippen molar-refractivity contribution in [1.29, 1.82) is 0 Å². The lowest BCUT2D eigenvalue weighted by Gasteiger charge is -2.36. The van der Waals surface area contributed by atoms with Crippen molar-refractivity contribution in [1.82, 2.24) is 14.7 Å². The number of nitrogens with one attached hydrogen (secondary N) is 1. The molecule has 1 saturated heterocycles. The summed E-state index contributed by atoms with van der Waals surface area (Å²) in [5.74, 6) is -0.965.